The minimum absolute atomic E-state index is 0.0261. The number of hydrogen-bond donors (Lipinski definition) is 1. The van der Waals surface area contributed by atoms with Gasteiger partial charge in [-0.3, -0.25) is 10.1 Å². The van der Waals surface area contributed by atoms with Crippen LogP contribution >= 0.6 is 34.5 Å². The molecule has 0 bridgehead atoms. The van der Waals surface area contributed by atoms with Crippen LogP contribution in [0.4, 0.5) is 6.01 Å². The van der Waals surface area contributed by atoms with E-state index >= 15 is 0 Å². The first-order chi connectivity index (χ1) is 11.4. The molecular formula is C16H13Cl2N3O2S. The molecule has 0 radical (unpaired) electrons. The number of nitrogens with zero attached hydrogens (tertiary/aromatic N) is 2. The van der Waals surface area contributed by atoms with E-state index < -0.39 is 5.91 Å². The van der Waals surface area contributed by atoms with Crippen LogP contribution in [-0.4, -0.2) is 16.1 Å². The Kier molecular flexibility index (Phi) is 4.89. The van der Waals surface area contributed by atoms with Gasteiger partial charge < -0.3 is 4.42 Å². The number of carbonyl (C=O) groups excluding carboxylic acids is 1. The maximum absolute atomic E-state index is 12.1. The van der Waals surface area contributed by atoms with E-state index in [1.807, 2.05) is 26.0 Å². The van der Waals surface area contributed by atoms with Gasteiger partial charge in [0, 0.05) is 0 Å². The molecule has 3 aromatic rings. The van der Waals surface area contributed by atoms with Crippen LogP contribution in [0.25, 0.3) is 0 Å². The van der Waals surface area contributed by atoms with E-state index in [9.17, 15) is 4.79 Å². The van der Waals surface area contributed by atoms with Crippen LogP contribution in [0.2, 0.25) is 8.67 Å². The monoisotopic (exact) mass is 381 g/mol. The number of halogens is 2. The number of aromatic nitrogens is 2. The number of nitrogens with one attached hydrogen (secondary N) is 1. The summed E-state index contributed by atoms with van der Waals surface area (Å²) in [6.45, 7) is 4.07. The van der Waals surface area contributed by atoms with Crippen molar-refractivity contribution in [3.05, 3.63) is 61.1 Å². The van der Waals surface area contributed by atoms with E-state index in [0.717, 1.165) is 22.5 Å². The third-order valence-electron chi connectivity index (χ3n) is 3.43. The van der Waals surface area contributed by atoms with E-state index in [2.05, 4.69) is 21.6 Å². The summed E-state index contributed by atoms with van der Waals surface area (Å²) in [4.78, 5) is 12.1. The number of aryl methyl sites for hydroxylation is 2. The fourth-order valence-electron chi connectivity index (χ4n) is 2.24. The number of rotatable bonds is 4. The van der Waals surface area contributed by atoms with Crippen molar-refractivity contribution in [2.24, 2.45) is 0 Å². The van der Waals surface area contributed by atoms with Crippen LogP contribution in [0, 0.1) is 13.8 Å². The predicted molar refractivity (Wildman–Crippen MR) is 95.3 cm³/mol. The lowest BCUT2D eigenvalue weighted by molar-refractivity contribution is 0.102. The van der Waals surface area contributed by atoms with Gasteiger partial charge in [-0.05, 0) is 31.0 Å². The fraction of sp³-hybridized carbons (Fsp3) is 0.188. The Morgan fingerprint density at radius 3 is 2.71 bits per heavy atom. The van der Waals surface area contributed by atoms with Gasteiger partial charge in [0.1, 0.15) is 4.34 Å². The molecule has 1 amide bonds. The van der Waals surface area contributed by atoms with Gasteiger partial charge >= 0.3 is 6.01 Å². The SMILES string of the molecule is Cc1ccc(Cc2nnc(NC(=O)c3cc(Cl)sc3Cl)o2)c(C)c1. The zero-order valence-corrected chi connectivity index (χ0v) is 15.2. The maximum atomic E-state index is 12.1. The number of anilines is 1. The van der Waals surface area contributed by atoms with Crippen molar-refractivity contribution in [1.29, 1.82) is 0 Å². The summed E-state index contributed by atoms with van der Waals surface area (Å²) >= 11 is 12.9. The van der Waals surface area contributed by atoms with Crippen LogP contribution in [0.1, 0.15) is 32.9 Å². The first-order valence-corrected chi connectivity index (χ1v) is 8.64. The fourth-order valence-corrected chi connectivity index (χ4v) is 3.70. The van der Waals surface area contributed by atoms with Gasteiger partial charge in [0.05, 0.1) is 16.3 Å². The lowest BCUT2D eigenvalue weighted by Crippen LogP contribution is -2.11. The van der Waals surface area contributed by atoms with Crippen LogP contribution in [-0.2, 0) is 6.42 Å². The third-order valence-corrected chi connectivity index (χ3v) is 4.92. The lowest BCUT2D eigenvalue weighted by atomic mass is 10.0. The summed E-state index contributed by atoms with van der Waals surface area (Å²) < 4.78 is 6.23. The lowest BCUT2D eigenvalue weighted by Gasteiger charge is -2.03. The molecule has 0 saturated heterocycles. The van der Waals surface area contributed by atoms with Crippen molar-refractivity contribution in [3.8, 4) is 0 Å². The van der Waals surface area contributed by atoms with E-state index in [1.54, 1.807) is 0 Å². The molecule has 2 heterocycles. The summed E-state index contributed by atoms with van der Waals surface area (Å²) in [6, 6.07) is 7.68. The second-order valence-corrected chi connectivity index (χ2v) is 7.59. The Morgan fingerprint density at radius 2 is 2.04 bits per heavy atom. The largest absolute Gasteiger partial charge is 0.407 e. The molecule has 124 valence electrons. The van der Waals surface area contributed by atoms with Gasteiger partial charge in [-0.25, -0.2) is 0 Å². The van der Waals surface area contributed by atoms with Crippen LogP contribution in [0.15, 0.2) is 28.7 Å². The van der Waals surface area contributed by atoms with Gasteiger partial charge in [0.15, 0.2) is 0 Å². The topological polar surface area (TPSA) is 68.0 Å². The second-order valence-electron chi connectivity index (χ2n) is 5.30. The molecule has 0 aliphatic carbocycles. The van der Waals surface area contributed by atoms with Gasteiger partial charge in [-0.1, -0.05) is 52.1 Å². The molecule has 0 aliphatic rings. The Hall–Kier alpha value is -1.89. The van der Waals surface area contributed by atoms with Crippen LogP contribution in [0.3, 0.4) is 0 Å². The highest BCUT2D eigenvalue weighted by molar-refractivity contribution is 7.20. The molecule has 8 heteroatoms. The number of thiophene rings is 1. The van der Waals surface area contributed by atoms with Crippen molar-refractivity contribution >= 4 is 46.5 Å². The summed E-state index contributed by atoms with van der Waals surface area (Å²) in [7, 11) is 0. The highest BCUT2D eigenvalue weighted by atomic mass is 35.5. The Bertz CT molecular complexity index is 905. The minimum atomic E-state index is -0.440. The van der Waals surface area contributed by atoms with Gasteiger partial charge in [-0.15, -0.1) is 16.4 Å². The first kappa shape index (κ1) is 17.0. The van der Waals surface area contributed by atoms with Crippen LogP contribution in [0.5, 0.6) is 0 Å². The van der Waals surface area contributed by atoms with Gasteiger partial charge in [0.2, 0.25) is 5.89 Å². The Balaban J connectivity index is 1.71. The van der Waals surface area contributed by atoms with Crippen molar-refractivity contribution in [2.45, 2.75) is 20.3 Å². The summed E-state index contributed by atoms with van der Waals surface area (Å²) in [5.41, 5.74) is 3.72. The first-order valence-electron chi connectivity index (χ1n) is 7.07. The molecule has 3 rings (SSSR count). The highest BCUT2D eigenvalue weighted by Gasteiger charge is 2.17. The van der Waals surface area contributed by atoms with Crippen molar-refractivity contribution in [2.75, 3.05) is 5.32 Å². The average molecular weight is 382 g/mol. The molecule has 1 N–H and O–H groups in total. The highest BCUT2D eigenvalue weighted by Crippen LogP contribution is 2.31. The van der Waals surface area contributed by atoms with Crippen molar-refractivity contribution in [3.63, 3.8) is 0 Å². The van der Waals surface area contributed by atoms with Crippen molar-refractivity contribution in [1.82, 2.24) is 10.2 Å². The molecule has 0 fully saturated rings. The molecule has 0 unspecified atom stereocenters. The zero-order chi connectivity index (χ0) is 17.3. The summed E-state index contributed by atoms with van der Waals surface area (Å²) in [6.07, 6.45) is 0.500. The summed E-state index contributed by atoms with van der Waals surface area (Å²) in [5.74, 6) is -0.0171. The van der Waals surface area contributed by atoms with Crippen LogP contribution < -0.4 is 5.32 Å². The Morgan fingerprint density at radius 1 is 1.25 bits per heavy atom. The average Bonchev–Trinajstić information content (AvgIpc) is 3.08. The normalized spacial score (nSPS) is 10.8. The molecule has 24 heavy (non-hydrogen) atoms. The summed E-state index contributed by atoms with van der Waals surface area (Å²) in [5, 5.41) is 10.3. The van der Waals surface area contributed by atoms with Gasteiger partial charge in [-0.2, -0.15) is 0 Å². The molecule has 0 spiro atoms. The standard InChI is InChI=1S/C16H13Cl2N3O2S/c1-8-3-4-10(9(2)5-8)6-13-20-21-16(23-13)19-15(22)11-7-12(17)24-14(11)18/h3-5,7H,6H2,1-2H3,(H,19,21,22). The van der Waals surface area contributed by atoms with Gasteiger partial charge in [0.25, 0.3) is 5.91 Å². The molecule has 2 aromatic heterocycles. The third kappa shape index (κ3) is 3.77. The predicted octanol–water partition coefficient (Wildman–Crippen LogP) is 4.90. The smallest absolute Gasteiger partial charge is 0.322 e. The van der Waals surface area contributed by atoms with E-state index in [0.29, 0.717) is 21.0 Å². The van der Waals surface area contributed by atoms with E-state index in [1.165, 1.54) is 11.6 Å². The minimum Gasteiger partial charge on any atom is -0.407 e. The molecule has 0 aliphatic heterocycles. The number of benzene rings is 1. The number of amides is 1. The second kappa shape index (κ2) is 6.93. The number of hydrogen-bond acceptors (Lipinski definition) is 5. The Labute approximate surface area is 152 Å². The number of carbonyl (C=O) groups is 1. The molecule has 1 aromatic carbocycles. The quantitative estimate of drug-likeness (QED) is 0.697. The molecule has 0 atom stereocenters. The maximum Gasteiger partial charge on any atom is 0.322 e. The van der Waals surface area contributed by atoms with Crippen molar-refractivity contribution < 1.29 is 9.21 Å². The zero-order valence-electron chi connectivity index (χ0n) is 12.9. The molecule has 5 nitrogen and oxygen atoms in total. The molecule has 0 saturated carbocycles. The van der Waals surface area contributed by atoms with E-state index in [4.69, 9.17) is 27.6 Å². The van der Waals surface area contributed by atoms with E-state index in [-0.39, 0.29) is 11.6 Å². The molecular weight excluding hydrogens is 369 g/mol.